The van der Waals surface area contributed by atoms with Crippen LogP contribution in [-0.4, -0.2) is 33.4 Å². The van der Waals surface area contributed by atoms with E-state index in [1.807, 2.05) is 17.4 Å². The molecule has 0 N–H and O–H groups in total. The van der Waals surface area contributed by atoms with E-state index in [2.05, 4.69) is 9.55 Å². The quantitative estimate of drug-likeness (QED) is 0.821. The van der Waals surface area contributed by atoms with Crippen molar-refractivity contribution in [3.8, 4) is 0 Å². The Bertz CT molecular complexity index is 389. The molecule has 18 heavy (non-hydrogen) atoms. The van der Waals surface area contributed by atoms with Gasteiger partial charge in [-0.3, -0.25) is 4.79 Å². The van der Waals surface area contributed by atoms with Crippen LogP contribution in [0.15, 0.2) is 18.7 Å². The Morgan fingerprint density at radius 3 is 2.67 bits per heavy atom. The minimum atomic E-state index is 0.360. The predicted molar refractivity (Wildman–Crippen MR) is 69.0 cm³/mol. The third kappa shape index (κ3) is 2.42. The highest BCUT2D eigenvalue weighted by molar-refractivity contribution is 5.77. The van der Waals surface area contributed by atoms with Crippen LogP contribution in [-0.2, 0) is 4.79 Å². The summed E-state index contributed by atoms with van der Waals surface area (Å²) in [6.07, 6.45) is 12.9. The zero-order valence-corrected chi connectivity index (χ0v) is 10.8. The van der Waals surface area contributed by atoms with Gasteiger partial charge < -0.3 is 9.47 Å². The number of rotatable bonds is 3. The fourth-order valence-electron chi connectivity index (χ4n) is 3.10. The highest BCUT2D eigenvalue weighted by Gasteiger charge is 2.32. The average Bonchev–Trinajstić information content (AvgIpc) is 2.82. The van der Waals surface area contributed by atoms with E-state index < -0.39 is 0 Å². The van der Waals surface area contributed by atoms with Crippen molar-refractivity contribution in [3.63, 3.8) is 0 Å². The molecule has 4 heteroatoms. The molecule has 0 unspecified atom stereocenters. The molecule has 98 valence electrons. The van der Waals surface area contributed by atoms with E-state index in [1.54, 1.807) is 6.20 Å². The van der Waals surface area contributed by atoms with Crippen LogP contribution in [0, 0.1) is 5.92 Å². The topological polar surface area (TPSA) is 38.1 Å². The summed E-state index contributed by atoms with van der Waals surface area (Å²) in [5.41, 5.74) is 0. The molecule has 1 saturated carbocycles. The van der Waals surface area contributed by atoms with Gasteiger partial charge in [-0.1, -0.05) is 19.3 Å². The molecule has 1 saturated heterocycles. The molecule has 1 aliphatic heterocycles. The second kappa shape index (κ2) is 5.12. The Morgan fingerprint density at radius 1 is 1.22 bits per heavy atom. The van der Waals surface area contributed by atoms with Gasteiger partial charge in [0.15, 0.2) is 0 Å². The van der Waals surface area contributed by atoms with Crippen LogP contribution in [0.2, 0.25) is 0 Å². The standard InChI is InChI=1S/C14H21N3O/c18-14(8-12-4-2-1-3-5-12)17-9-13(10-17)16-7-6-15-11-16/h6-7,11-13H,1-5,8-10H2. The van der Waals surface area contributed by atoms with E-state index in [0.717, 1.165) is 19.5 Å². The van der Waals surface area contributed by atoms with E-state index in [4.69, 9.17) is 0 Å². The summed E-state index contributed by atoms with van der Waals surface area (Å²) < 4.78 is 2.10. The molecule has 0 spiro atoms. The molecule has 0 radical (unpaired) electrons. The van der Waals surface area contributed by atoms with E-state index in [0.29, 0.717) is 17.9 Å². The van der Waals surface area contributed by atoms with Crippen molar-refractivity contribution < 1.29 is 4.79 Å². The van der Waals surface area contributed by atoms with E-state index in [9.17, 15) is 4.79 Å². The number of hydrogen-bond acceptors (Lipinski definition) is 2. The Morgan fingerprint density at radius 2 is 2.00 bits per heavy atom. The van der Waals surface area contributed by atoms with Crippen molar-refractivity contribution in [2.75, 3.05) is 13.1 Å². The molecule has 3 rings (SSSR count). The van der Waals surface area contributed by atoms with Gasteiger partial charge >= 0.3 is 0 Å². The Hall–Kier alpha value is -1.32. The van der Waals surface area contributed by atoms with Gasteiger partial charge in [0.05, 0.1) is 12.4 Å². The number of imidazole rings is 1. The molecule has 2 heterocycles. The van der Waals surface area contributed by atoms with Gasteiger partial charge in [-0.15, -0.1) is 0 Å². The maximum atomic E-state index is 12.1. The van der Waals surface area contributed by atoms with Gasteiger partial charge in [-0.05, 0) is 18.8 Å². The van der Waals surface area contributed by atoms with E-state index in [1.165, 1.54) is 32.1 Å². The minimum Gasteiger partial charge on any atom is -0.338 e. The summed E-state index contributed by atoms with van der Waals surface area (Å²) >= 11 is 0. The lowest BCUT2D eigenvalue weighted by Crippen LogP contribution is -2.50. The highest BCUT2D eigenvalue weighted by atomic mass is 16.2. The molecule has 1 aromatic rings. The third-order valence-corrected chi connectivity index (χ3v) is 4.35. The first kappa shape index (κ1) is 11.8. The molecule has 1 aliphatic carbocycles. The largest absolute Gasteiger partial charge is 0.338 e. The number of aromatic nitrogens is 2. The maximum Gasteiger partial charge on any atom is 0.222 e. The SMILES string of the molecule is O=C(CC1CCCCC1)N1CC(n2ccnc2)C1. The molecule has 4 nitrogen and oxygen atoms in total. The molecule has 0 bridgehead atoms. The van der Waals surface area contributed by atoms with Crippen molar-refractivity contribution >= 4 is 5.91 Å². The molecule has 2 aliphatic rings. The monoisotopic (exact) mass is 247 g/mol. The molecule has 0 atom stereocenters. The van der Waals surface area contributed by atoms with Crippen molar-refractivity contribution in [1.82, 2.24) is 14.5 Å². The molecule has 1 aromatic heterocycles. The molecular formula is C14H21N3O. The Labute approximate surface area is 108 Å². The summed E-state index contributed by atoms with van der Waals surface area (Å²) in [5.74, 6) is 1.01. The van der Waals surface area contributed by atoms with Crippen molar-refractivity contribution in [1.29, 1.82) is 0 Å². The van der Waals surface area contributed by atoms with Crippen molar-refractivity contribution in [3.05, 3.63) is 18.7 Å². The van der Waals surface area contributed by atoms with Gasteiger partial charge in [0, 0.05) is 31.9 Å². The molecule has 0 aromatic carbocycles. The van der Waals surface area contributed by atoms with Crippen molar-refractivity contribution in [2.45, 2.75) is 44.6 Å². The fourth-order valence-corrected chi connectivity index (χ4v) is 3.10. The summed E-state index contributed by atoms with van der Waals surface area (Å²) in [5, 5.41) is 0. The first-order chi connectivity index (χ1) is 8.83. The van der Waals surface area contributed by atoms with Gasteiger partial charge in [-0.25, -0.2) is 4.98 Å². The van der Waals surface area contributed by atoms with Crippen LogP contribution in [0.3, 0.4) is 0 Å². The smallest absolute Gasteiger partial charge is 0.222 e. The number of nitrogens with zero attached hydrogens (tertiary/aromatic N) is 3. The lowest BCUT2D eigenvalue weighted by Gasteiger charge is -2.40. The Balaban J connectivity index is 1.45. The van der Waals surface area contributed by atoms with E-state index in [-0.39, 0.29) is 0 Å². The van der Waals surface area contributed by atoms with Crippen LogP contribution in [0.1, 0.15) is 44.6 Å². The maximum absolute atomic E-state index is 12.1. The number of hydrogen-bond donors (Lipinski definition) is 0. The fraction of sp³-hybridized carbons (Fsp3) is 0.714. The summed E-state index contributed by atoms with van der Waals surface area (Å²) in [4.78, 5) is 18.2. The minimum absolute atomic E-state index is 0.360. The number of carbonyl (C=O) groups is 1. The highest BCUT2D eigenvalue weighted by Crippen LogP contribution is 2.29. The Kier molecular flexibility index (Phi) is 3.35. The first-order valence-electron chi connectivity index (χ1n) is 7.08. The predicted octanol–water partition coefficient (Wildman–Crippen LogP) is 2.24. The second-order valence-corrected chi connectivity index (χ2v) is 5.67. The summed E-state index contributed by atoms with van der Waals surface area (Å²) in [6, 6.07) is 0.447. The van der Waals surface area contributed by atoms with Gasteiger partial charge in [-0.2, -0.15) is 0 Å². The third-order valence-electron chi connectivity index (χ3n) is 4.35. The summed E-state index contributed by atoms with van der Waals surface area (Å²) in [7, 11) is 0. The van der Waals surface area contributed by atoms with Crippen LogP contribution < -0.4 is 0 Å². The van der Waals surface area contributed by atoms with Gasteiger partial charge in [0.1, 0.15) is 0 Å². The lowest BCUT2D eigenvalue weighted by atomic mass is 9.86. The van der Waals surface area contributed by atoms with Gasteiger partial charge in [0.25, 0.3) is 0 Å². The van der Waals surface area contributed by atoms with Crippen LogP contribution >= 0.6 is 0 Å². The number of carbonyl (C=O) groups excluding carboxylic acids is 1. The molecular weight excluding hydrogens is 226 g/mol. The first-order valence-corrected chi connectivity index (χ1v) is 7.08. The molecule has 2 fully saturated rings. The zero-order valence-electron chi connectivity index (χ0n) is 10.8. The van der Waals surface area contributed by atoms with Crippen LogP contribution in [0.5, 0.6) is 0 Å². The molecule has 1 amide bonds. The number of likely N-dealkylation sites (tertiary alicyclic amines) is 1. The lowest BCUT2D eigenvalue weighted by molar-refractivity contribution is -0.138. The zero-order chi connectivity index (χ0) is 12.4. The van der Waals surface area contributed by atoms with Crippen LogP contribution in [0.25, 0.3) is 0 Å². The normalized spacial score (nSPS) is 21.9. The van der Waals surface area contributed by atoms with Gasteiger partial charge in [0.2, 0.25) is 5.91 Å². The number of amides is 1. The second-order valence-electron chi connectivity index (χ2n) is 5.67. The average molecular weight is 247 g/mol. The van der Waals surface area contributed by atoms with Crippen LogP contribution in [0.4, 0.5) is 0 Å². The van der Waals surface area contributed by atoms with Crippen molar-refractivity contribution in [2.24, 2.45) is 5.92 Å². The van der Waals surface area contributed by atoms with E-state index >= 15 is 0 Å². The summed E-state index contributed by atoms with van der Waals surface area (Å²) in [6.45, 7) is 1.73.